The lowest BCUT2D eigenvalue weighted by molar-refractivity contribution is -0.364. The van der Waals surface area contributed by atoms with Crippen molar-refractivity contribution in [2.75, 3.05) is 37.7 Å². The number of pyridine rings is 1. The molecule has 4 heterocycles. The van der Waals surface area contributed by atoms with Crippen molar-refractivity contribution in [1.29, 1.82) is 0 Å². The molecule has 2 aromatic rings. The minimum atomic E-state index is -0.541. The van der Waals surface area contributed by atoms with Crippen molar-refractivity contribution in [2.24, 2.45) is 0 Å². The molecule has 0 bridgehead atoms. The van der Waals surface area contributed by atoms with Gasteiger partial charge in [0.15, 0.2) is 6.61 Å². The second kappa shape index (κ2) is 8.46. The van der Waals surface area contributed by atoms with E-state index < -0.39 is 5.97 Å². The van der Waals surface area contributed by atoms with Crippen LogP contribution >= 0.6 is 0 Å². The van der Waals surface area contributed by atoms with Crippen LogP contribution in [-0.2, 0) is 4.74 Å². The van der Waals surface area contributed by atoms with Crippen LogP contribution in [0, 0.1) is 0 Å². The van der Waals surface area contributed by atoms with Crippen molar-refractivity contribution in [3.63, 3.8) is 0 Å². The van der Waals surface area contributed by atoms with E-state index >= 15 is 0 Å². The van der Waals surface area contributed by atoms with Crippen LogP contribution in [0.4, 0.5) is 5.82 Å². The Kier molecular flexibility index (Phi) is 5.59. The molecule has 2 aliphatic heterocycles. The second-order valence-corrected chi connectivity index (χ2v) is 7.43. The van der Waals surface area contributed by atoms with E-state index in [1.54, 1.807) is 23.2 Å². The van der Waals surface area contributed by atoms with Crippen LogP contribution in [0.25, 0.3) is 0 Å². The number of carbonyl (C=O) groups excluding carboxylic acids is 3. The summed E-state index contributed by atoms with van der Waals surface area (Å²) in [6.45, 7) is 2.88. The summed E-state index contributed by atoms with van der Waals surface area (Å²) in [4.78, 5) is 47.2. The summed E-state index contributed by atoms with van der Waals surface area (Å²) >= 11 is 0. The van der Waals surface area contributed by atoms with Gasteiger partial charge in [-0.2, -0.15) is 0 Å². The van der Waals surface area contributed by atoms with Gasteiger partial charge in [-0.3, -0.25) is 14.5 Å². The molecule has 0 unspecified atom stereocenters. The third-order valence-corrected chi connectivity index (χ3v) is 5.44. The fraction of sp³-hybridized carbons (Fsp3) is 0.429. The van der Waals surface area contributed by atoms with Gasteiger partial charge in [0, 0.05) is 24.8 Å². The molecule has 0 radical (unpaired) electrons. The Balaban J connectivity index is 1.38. The lowest BCUT2D eigenvalue weighted by atomic mass is 10.2. The SMILES string of the molecule is O=C(COC(=O)c1ccc[nH+]c1N1CCCC1)c1c[nH]c(C(=O)N2CCCC2)c1. The summed E-state index contributed by atoms with van der Waals surface area (Å²) in [6, 6.07) is 4.96. The minimum absolute atomic E-state index is 0.103. The van der Waals surface area contributed by atoms with Crippen molar-refractivity contribution >= 4 is 23.5 Å². The number of hydrogen-bond donors (Lipinski definition) is 1. The summed E-state index contributed by atoms with van der Waals surface area (Å²) in [6.07, 6.45) is 7.44. The first-order valence-electron chi connectivity index (χ1n) is 10.1. The molecule has 8 heteroatoms. The lowest BCUT2D eigenvalue weighted by Gasteiger charge is -2.13. The van der Waals surface area contributed by atoms with Crippen molar-refractivity contribution < 1.29 is 24.1 Å². The van der Waals surface area contributed by atoms with Crippen LogP contribution < -0.4 is 9.88 Å². The van der Waals surface area contributed by atoms with E-state index in [0.717, 1.165) is 57.7 Å². The Labute approximate surface area is 168 Å². The van der Waals surface area contributed by atoms with Crippen molar-refractivity contribution in [2.45, 2.75) is 25.7 Å². The number of esters is 1. The summed E-state index contributed by atoms with van der Waals surface area (Å²) in [5.41, 5.74) is 1.14. The first-order valence-corrected chi connectivity index (χ1v) is 10.1. The van der Waals surface area contributed by atoms with Gasteiger partial charge in [-0.05, 0) is 43.9 Å². The summed E-state index contributed by atoms with van der Waals surface area (Å²) < 4.78 is 5.27. The molecule has 2 fully saturated rings. The van der Waals surface area contributed by atoms with E-state index in [4.69, 9.17) is 4.74 Å². The molecule has 152 valence electrons. The minimum Gasteiger partial charge on any atom is -0.453 e. The zero-order chi connectivity index (χ0) is 20.2. The van der Waals surface area contributed by atoms with E-state index in [0.29, 0.717) is 16.8 Å². The number of Topliss-reactive ketones (excluding diaryl/α,β-unsaturated/α-hetero) is 1. The van der Waals surface area contributed by atoms with Gasteiger partial charge in [0.2, 0.25) is 5.78 Å². The number of nitrogens with zero attached hydrogens (tertiary/aromatic N) is 2. The standard InChI is InChI=1S/C21H24N4O4/c26-18(15-12-17(23-13-15)20(27)25-10-3-4-11-25)14-29-21(28)16-6-5-7-22-19(16)24-8-1-2-9-24/h5-7,12-13,23H,1-4,8-11,14H2/p+1. The fourth-order valence-electron chi connectivity index (χ4n) is 3.86. The maximum atomic E-state index is 12.6. The second-order valence-electron chi connectivity index (χ2n) is 7.43. The zero-order valence-electron chi connectivity index (χ0n) is 16.3. The molecule has 2 saturated heterocycles. The predicted octanol–water partition coefficient (Wildman–Crippen LogP) is 1.70. The van der Waals surface area contributed by atoms with Crippen molar-refractivity contribution in [3.8, 4) is 0 Å². The number of aromatic nitrogens is 2. The number of rotatable bonds is 6. The molecule has 0 spiro atoms. The number of carbonyl (C=O) groups is 3. The number of anilines is 1. The molecule has 2 aromatic heterocycles. The number of nitrogens with one attached hydrogen (secondary N) is 2. The number of likely N-dealkylation sites (tertiary alicyclic amines) is 1. The highest BCUT2D eigenvalue weighted by molar-refractivity contribution is 6.02. The van der Waals surface area contributed by atoms with Crippen LogP contribution in [0.15, 0.2) is 30.6 Å². The number of amides is 1. The maximum Gasteiger partial charge on any atom is 0.346 e. The quantitative estimate of drug-likeness (QED) is 0.591. The van der Waals surface area contributed by atoms with Crippen LogP contribution in [0.1, 0.15) is 56.9 Å². The largest absolute Gasteiger partial charge is 0.453 e. The summed E-state index contributed by atoms with van der Waals surface area (Å²) in [7, 11) is 0. The van der Waals surface area contributed by atoms with Gasteiger partial charge >= 0.3 is 5.97 Å². The molecule has 0 aromatic carbocycles. The van der Waals surface area contributed by atoms with Crippen molar-refractivity contribution in [3.05, 3.63) is 47.4 Å². The Morgan fingerprint density at radius 2 is 1.79 bits per heavy atom. The smallest absolute Gasteiger partial charge is 0.346 e. The lowest BCUT2D eigenvalue weighted by Crippen LogP contribution is -2.29. The molecule has 0 saturated carbocycles. The molecule has 0 aliphatic carbocycles. The highest BCUT2D eigenvalue weighted by Crippen LogP contribution is 2.20. The molecular formula is C21H25N4O4+. The number of H-pyrrole nitrogens is 2. The van der Waals surface area contributed by atoms with Crippen LogP contribution in [-0.4, -0.2) is 60.3 Å². The van der Waals surface area contributed by atoms with Gasteiger partial charge in [-0.15, -0.1) is 0 Å². The Morgan fingerprint density at radius 1 is 1.07 bits per heavy atom. The average Bonchev–Trinajstić information content (AvgIpc) is 3.52. The first kappa shape index (κ1) is 19.2. The first-order chi connectivity index (χ1) is 14.1. The molecule has 8 nitrogen and oxygen atoms in total. The van der Waals surface area contributed by atoms with Gasteiger partial charge in [0.25, 0.3) is 11.7 Å². The number of ether oxygens (including phenoxy) is 1. The number of aromatic amines is 2. The molecule has 2 aliphatic rings. The van der Waals surface area contributed by atoms with E-state index in [-0.39, 0.29) is 18.3 Å². The summed E-state index contributed by atoms with van der Waals surface area (Å²) in [5.74, 6) is -0.269. The average molecular weight is 397 g/mol. The van der Waals surface area contributed by atoms with Crippen LogP contribution in [0.3, 0.4) is 0 Å². The van der Waals surface area contributed by atoms with Crippen molar-refractivity contribution in [1.82, 2.24) is 9.88 Å². The van der Waals surface area contributed by atoms with E-state index in [1.807, 2.05) is 0 Å². The zero-order valence-corrected chi connectivity index (χ0v) is 16.3. The van der Waals surface area contributed by atoms with Crippen LogP contribution in [0.5, 0.6) is 0 Å². The molecule has 0 atom stereocenters. The normalized spacial score (nSPS) is 16.3. The highest BCUT2D eigenvalue weighted by atomic mass is 16.5. The molecule has 1 amide bonds. The van der Waals surface area contributed by atoms with E-state index in [9.17, 15) is 14.4 Å². The van der Waals surface area contributed by atoms with Gasteiger partial charge in [0.05, 0.1) is 19.3 Å². The molecule has 4 rings (SSSR count). The van der Waals surface area contributed by atoms with Crippen LogP contribution in [0.2, 0.25) is 0 Å². The summed E-state index contributed by atoms with van der Waals surface area (Å²) in [5, 5.41) is 0. The highest BCUT2D eigenvalue weighted by Gasteiger charge is 2.28. The van der Waals surface area contributed by atoms with Gasteiger partial charge in [-0.1, -0.05) is 0 Å². The third-order valence-electron chi connectivity index (χ3n) is 5.44. The fourth-order valence-corrected chi connectivity index (χ4v) is 3.86. The molecule has 2 N–H and O–H groups in total. The predicted molar refractivity (Wildman–Crippen MR) is 105 cm³/mol. The van der Waals surface area contributed by atoms with Gasteiger partial charge in [-0.25, -0.2) is 9.78 Å². The van der Waals surface area contributed by atoms with E-state index in [1.165, 1.54) is 12.3 Å². The Bertz CT molecular complexity index is 911. The maximum absolute atomic E-state index is 12.6. The molecular weight excluding hydrogens is 372 g/mol. The van der Waals surface area contributed by atoms with E-state index in [2.05, 4.69) is 14.9 Å². The number of ketones is 1. The monoisotopic (exact) mass is 397 g/mol. The number of hydrogen-bond acceptors (Lipinski definition) is 5. The Morgan fingerprint density at radius 3 is 2.55 bits per heavy atom. The van der Waals surface area contributed by atoms with Gasteiger partial charge < -0.3 is 14.6 Å². The molecule has 29 heavy (non-hydrogen) atoms. The van der Waals surface area contributed by atoms with Gasteiger partial charge in [0.1, 0.15) is 11.3 Å². The Hall–Kier alpha value is -3.16. The third kappa shape index (κ3) is 4.16. The topological polar surface area (TPSA) is 96.9 Å².